The first-order valence-electron chi connectivity index (χ1n) is 8.40. The highest BCUT2D eigenvalue weighted by molar-refractivity contribution is 5.85. The zero-order valence-corrected chi connectivity index (χ0v) is 13.9. The number of rotatable bonds is 2. The Kier molecular flexibility index (Phi) is 3.45. The molecule has 0 bridgehead atoms. The summed E-state index contributed by atoms with van der Waals surface area (Å²) in [6.07, 6.45) is 5.63. The Morgan fingerprint density at radius 1 is 1.17 bits per heavy atom. The number of carboxylic acid groups (broad SMARTS) is 1. The van der Waals surface area contributed by atoms with Gasteiger partial charge in [-0.25, -0.2) is 0 Å². The number of carbonyl (C=O) groups is 1. The molecular weight excluding hydrogens is 298 g/mol. The van der Waals surface area contributed by atoms with E-state index < -0.39 is 5.97 Å². The highest BCUT2D eigenvalue weighted by atomic mass is 16.4. The molecule has 0 saturated carbocycles. The predicted octanol–water partition coefficient (Wildman–Crippen LogP) is 3.49. The molecule has 122 valence electrons. The predicted molar refractivity (Wildman–Crippen MR) is 93.0 cm³/mol. The molecule has 1 heterocycles. The van der Waals surface area contributed by atoms with E-state index in [0.717, 1.165) is 12.0 Å². The van der Waals surface area contributed by atoms with Gasteiger partial charge in [-0.1, -0.05) is 54.1 Å². The molecule has 0 saturated heterocycles. The van der Waals surface area contributed by atoms with E-state index in [-0.39, 0.29) is 11.6 Å². The molecular formula is C21H20NO2-. The minimum absolute atomic E-state index is 0.190. The lowest BCUT2D eigenvalue weighted by Crippen LogP contribution is -2.30. The second-order valence-corrected chi connectivity index (χ2v) is 6.93. The molecule has 2 aliphatic rings. The maximum atomic E-state index is 11.0. The fourth-order valence-electron chi connectivity index (χ4n) is 4.23. The maximum absolute atomic E-state index is 11.0. The summed E-state index contributed by atoms with van der Waals surface area (Å²) in [5, 5.41) is 14.7. The summed E-state index contributed by atoms with van der Waals surface area (Å²) >= 11 is 0. The van der Waals surface area contributed by atoms with Gasteiger partial charge in [-0.05, 0) is 48.4 Å². The van der Waals surface area contributed by atoms with Crippen LogP contribution in [0, 0.1) is 19.8 Å². The second kappa shape index (κ2) is 5.52. The highest BCUT2D eigenvalue weighted by Crippen LogP contribution is 2.50. The van der Waals surface area contributed by atoms with Crippen LogP contribution in [-0.4, -0.2) is 5.97 Å². The molecule has 0 aromatic heterocycles. The van der Waals surface area contributed by atoms with Crippen LogP contribution in [-0.2, 0) is 0 Å². The lowest BCUT2D eigenvalue weighted by atomic mass is 9.76. The first-order valence-corrected chi connectivity index (χ1v) is 8.40. The van der Waals surface area contributed by atoms with Crippen LogP contribution in [0.2, 0.25) is 0 Å². The fourth-order valence-corrected chi connectivity index (χ4v) is 4.23. The van der Waals surface area contributed by atoms with Gasteiger partial charge in [-0.15, -0.1) is 0 Å². The summed E-state index contributed by atoms with van der Waals surface area (Å²) in [5.74, 6) is -0.242. The van der Waals surface area contributed by atoms with Gasteiger partial charge < -0.3 is 15.2 Å². The maximum Gasteiger partial charge on any atom is 0.0715 e. The van der Waals surface area contributed by atoms with E-state index in [1.165, 1.54) is 22.4 Å². The van der Waals surface area contributed by atoms with Crippen LogP contribution in [0.1, 0.15) is 51.0 Å². The average Bonchev–Trinajstić information content (AvgIpc) is 3.04. The Balaban J connectivity index is 1.76. The SMILES string of the molecule is Cc1cc(C)c2c(c1)[C@@H]1C=CC[C@H]1[C@H](c1ccc(C(=O)[O-])cc1)N2. The minimum Gasteiger partial charge on any atom is -0.545 e. The van der Waals surface area contributed by atoms with Gasteiger partial charge in [0.1, 0.15) is 0 Å². The third-order valence-corrected chi connectivity index (χ3v) is 5.32. The zero-order valence-electron chi connectivity index (χ0n) is 13.9. The summed E-state index contributed by atoms with van der Waals surface area (Å²) in [5.41, 5.74) is 6.52. The molecule has 3 heteroatoms. The standard InChI is InChI=1S/C21H21NO2/c1-12-10-13(2)19-18(11-12)16-4-3-5-17(16)20(22-19)14-6-8-15(9-7-14)21(23)24/h3-4,6-11,16-17,20,22H,5H2,1-2H3,(H,23,24)/p-1/t16-,17-,20+/m1/s1. The number of allylic oxidation sites excluding steroid dienone is 2. The van der Waals surface area contributed by atoms with Gasteiger partial charge in [0.25, 0.3) is 0 Å². The topological polar surface area (TPSA) is 52.2 Å². The normalized spacial score (nSPS) is 24.2. The first kappa shape index (κ1) is 15.0. The van der Waals surface area contributed by atoms with E-state index in [2.05, 4.69) is 43.4 Å². The van der Waals surface area contributed by atoms with Gasteiger partial charge in [-0.3, -0.25) is 0 Å². The summed E-state index contributed by atoms with van der Waals surface area (Å²) < 4.78 is 0. The number of carboxylic acids is 1. The van der Waals surface area contributed by atoms with Crippen LogP contribution in [0.15, 0.2) is 48.6 Å². The Morgan fingerprint density at radius 2 is 1.92 bits per heavy atom. The second-order valence-electron chi connectivity index (χ2n) is 6.93. The van der Waals surface area contributed by atoms with E-state index in [0.29, 0.717) is 11.8 Å². The lowest BCUT2D eigenvalue weighted by Gasteiger charge is -2.38. The Morgan fingerprint density at radius 3 is 2.62 bits per heavy atom. The smallest absolute Gasteiger partial charge is 0.0715 e. The van der Waals surface area contributed by atoms with Crippen LogP contribution in [0.4, 0.5) is 5.69 Å². The quantitative estimate of drug-likeness (QED) is 0.862. The lowest BCUT2D eigenvalue weighted by molar-refractivity contribution is -0.255. The molecule has 2 aromatic rings. The number of nitrogens with one attached hydrogen (secondary N) is 1. The number of aryl methyl sites for hydroxylation is 2. The first-order chi connectivity index (χ1) is 11.5. The highest BCUT2D eigenvalue weighted by Gasteiger charge is 2.38. The summed E-state index contributed by atoms with van der Waals surface area (Å²) in [7, 11) is 0. The zero-order chi connectivity index (χ0) is 16.8. The molecule has 0 spiro atoms. The molecule has 4 rings (SSSR count). The van der Waals surface area contributed by atoms with Crippen LogP contribution in [0.25, 0.3) is 0 Å². The average molecular weight is 318 g/mol. The van der Waals surface area contributed by atoms with Crippen LogP contribution in [0.5, 0.6) is 0 Å². The van der Waals surface area contributed by atoms with Gasteiger partial charge in [-0.2, -0.15) is 0 Å². The number of aromatic carboxylic acids is 1. The van der Waals surface area contributed by atoms with Gasteiger partial charge in [0.2, 0.25) is 0 Å². The van der Waals surface area contributed by atoms with Gasteiger partial charge in [0.15, 0.2) is 0 Å². The van der Waals surface area contributed by atoms with Crippen molar-refractivity contribution < 1.29 is 9.90 Å². The molecule has 0 fully saturated rings. The Labute approximate surface area is 142 Å². The van der Waals surface area contributed by atoms with Crippen molar-refractivity contribution in [1.82, 2.24) is 0 Å². The number of anilines is 1. The molecule has 24 heavy (non-hydrogen) atoms. The number of benzene rings is 2. The number of hydrogen-bond donors (Lipinski definition) is 1. The molecule has 3 atom stereocenters. The van der Waals surface area contributed by atoms with Crippen LogP contribution in [0.3, 0.4) is 0 Å². The van der Waals surface area contributed by atoms with Crippen molar-refractivity contribution in [1.29, 1.82) is 0 Å². The van der Waals surface area contributed by atoms with E-state index in [9.17, 15) is 9.90 Å². The molecule has 0 amide bonds. The van der Waals surface area contributed by atoms with Gasteiger partial charge in [0, 0.05) is 11.6 Å². The largest absolute Gasteiger partial charge is 0.545 e. The Bertz CT molecular complexity index is 836. The molecule has 0 radical (unpaired) electrons. The summed E-state index contributed by atoms with van der Waals surface area (Å²) in [6, 6.07) is 11.8. The van der Waals surface area contributed by atoms with Crippen molar-refractivity contribution in [3.63, 3.8) is 0 Å². The molecule has 1 aliphatic heterocycles. The fraction of sp³-hybridized carbons (Fsp3) is 0.286. The van der Waals surface area contributed by atoms with Gasteiger partial charge >= 0.3 is 0 Å². The van der Waals surface area contributed by atoms with E-state index >= 15 is 0 Å². The third kappa shape index (κ3) is 2.32. The van der Waals surface area contributed by atoms with Crippen molar-refractivity contribution in [3.05, 3.63) is 76.4 Å². The third-order valence-electron chi connectivity index (χ3n) is 5.32. The van der Waals surface area contributed by atoms with Gasteiger partial charge in [0.05, 0.1) is 12.0 Å². The monoisotopic (exact) mass is 318 g/mol. The Hall–Kier alpha value is -2.55. The molecule has 1 aliphatic carbocycles. The summed E-state index contributed by atoms with van der Waals surface area (Å²) in [6.45, 7) is 4.29. The molecule has 1 N–H and O–H groups in total. The number of hydrogen-bond acceptors (Lipinski definition) is 3. The van der Waals surface area contributed by atoms with Crippen molar-refractivity contribution in [3.8, 4) is 0 Å². The van der Waals surface area contributed by atoms with Crippen molar-refractivity contribution in [2.45, 2.75) is 32.2 Å². The van der Waals surface area contributed by atoms with E-state index in [1.54, 1.807) is 12.1 Å². The molecule has 0 unspecified atom stereocenters. The van der Waals surface area contributed by atoms with E-state index in [4.69, 9.17) is 0 Å². The van der Waals surface area contributed by atoms with E-state index in [1.807, 2.05) is 12.1 Å². The molecule has 2 aromatic carbocycles. The minimum atomic E-state index is -1.13. The van der Waals surface area contributed by atoms with Crippen LogP contribution >= 0.6 is 0 Å². The number of fused-ring (bicyclic) bond motifs is 3. The van der Waals surface area contributed by atoms with Crippen molar-refractivity contribution in [2.24, 2.45) is 5.92 Å². The van der Waals surface area contributed by atoms with Crippen molar-refractivity contribution in [2.75, 3.05) is 5.32 Å². The molecule has 3 nitrogen and oxygen atoms in total. The summed E-state index contributed by atoms with van der Waals surface area (Å²) in [4.78, 5) is 11.0. The van der Waals surface area contributed by atoms with Crippen LogP contribution < -0.4 is 10.4 Å². The van der Waals surface area contributed by atoms with Crippen molar-refractivity contribution >= 4 is 11.7 Å². The number of carbonyl (C=O) groups excluding carboxylic acids is 1.